The highest BCUT2D eigenvalue weighted by Crippen LogP contribution is 2.21. The molecule has 1 aromatic rings. The summed E-state index contributed by atoms with van der Waals surface area (Å²) >= 11 is 0. The van der Waals surface area contributed by atoms with Gasteiger partial charge in [-0.2, -0.15) is 0 Å². The van der Waals surface area contributed by atoms with Crippen molar-refractivity contribution in [1.82, 2.24) is 5.32 Å². The van der Waals surface area contributed by atoms with Gasteiger partial charge in [0.2, 0.25) is 5.91 Å². The molecule has 0 aromatic heterocycles. The first kappa shape index (κ1) is 14.7. The van der Waals surface area contributed by atoms with E-state index in [1.165, 1.54) is 0 Å². The normalized spacial score (nSPS) is 15.8. The molecule has 0 aliphatic heterocycles. The Morgan fingerprint density at radius 1 is 1.44 bits per heavy atom. The monoisotopic (exact) mass is 250 g/mol. The summed E-state index contributed by atoms with van der Waals surface area (Å²) < 4.78 is 0. The molecule has 1 unspecified atom stereocenters. The van der Waals surface area contributed by atoms with Crippen LogP contribution in [0.5, 0.6) is 0 Å². The van der Waals surface area contributed by atoms with Crippen LogP contribution in [0.1, 0.15) is 31.9 Å². The van der Waals surface area contributed by atoms with E-state index in [0.29, 0.717) is 13.0 Å². The van der Waals surface area contributed by atoms with Gasteiger partial charge in [-0.05, 0) is 18.9 Å². The van der Waals surface area contributed by atoms with Crippen LogP contribution in [-0.2, 0) is 4.79 Å². The summed E-state index contributed by atoms with van der Waals surface area (Å²) in [6.45, 7) is 3.94. The van der Waals surface area contributed by atoms with Crippen LogP contribution >= 0.6 is 0 Å². The van der Waals surface area contributed by atoms with Crippen molar-refractivity contribution in [3.63, 3.8) is 0 Å². The third kappa shape index (κ3) is 3.31. The van der Waals surface area contributed by atoms with Crippen LogP contribution < -0.4 is 11.1 Å². The van der Waals surface area contributed by atoms with Crippen molar-refractivity contribution in [3.05, 3.63) is 35.9 Å². The number of hydrogen-bond acceptors (Lipinski definition) is 3. The average molecular weight is 250 g/mol. The molecule has 0 saturated heterocycles. The van der Waals surface area contributed by atoms with Gasteiger partial charge in [0.15, 0.2) is 0 Å². The summed E-state index contributed by atoms with van der Waals surface area (Å²) in [6.07, 6.45) is 0.669. The lowest BCUT2D eigenvalue weighted by molar-refractivity contribution is -0.131. The molecular weight excluding hydrogens is 228 g/mol. The molecule has 0 aliphatic carbocycles. The number of nitrogens with two attached hydrogens (primary N) is 1. The van der Waals surface area contributed by atoms with Crippen LogP contribution in [-0.4, -0.2) is 24.2 Å². The fourth-order valence-corrected chi connectivity index (χ4v) is 1.65. The Balaban J connectivity index is 2.79. The number of carbonyl (C=O) groups excluding carboxylic acids is 1. The topological polar surface area (TPSA) is 75.4 Å². The first-order valence-corrected chi connectivity index (χ1v) is 6.24. The molecule has 4 heteroatoms. The van der Waals surface area contributed by atoms with Gasteiger partial charge in [0, 0.05) is 6.54 Å². The SMILES string of the molecule is CCC(C)(CN)C(=O)N[C@@H](CO)c1ccccc1. The molecule has 1 amide bonds. The predicted molar refractivity (Wildman–Crippen MR) is 71.9 cm³/mol. The Labute approximate surface area is 108 Å². The summed E-state index contributed by atoms with van der Waals surface area (Å²) in [5.74, 6) is -0.115. The van der Waals surface area contributed by atoms with E-state index in [4.69, 9.17) is 5.73 Å². The van der Waals surface area contributed by atoms with Crippen molar-refractivity contribution in [1.29, 1.82) is 0 Å². The highest BCUT2D eigenvalue weighted by atomic mass is 16.3. The molecule has 18 heavy (non-hydrogen) atoms. The van der Waals surface area contributed by atoms with Gasteiger partial charge in [-0.1, -0.05) is 37.3 Å². The lowest BCUT2D eigenvalue weighted by Gasteiger charge is -2.28. The largest absolute Gasteiger partial charge is 0.394 e. The third-order valence-electron chi connectivity index (χ3n) is 3.47. The Morgan fingerprint density at radius 2 is 2.06 bits per heavy atom. The van der Waals surface area contributed by atoms with Gasteiger partial charge < -0.3 is 16.2 Å². The highest BCUT2D eigenvalue weighted by Gasteiger charge is 2.31. The molecule has 1 aromatic carbocycles. The molecule has 0 saturated carbocycles. The van der Waals surface area contributed by atoms with Gasteiger partial charge in [-0.25, -0.2) is 0 Å². The second kappa shape index (κ2) is 6.52. The van der Waals surface area contributed by atoms with Crippen molar-refractivity contribution in [2.75, 3.05) is 13.2 Å². The highest BCUT2D eigenvalue weighted by molar-refractivity contribution is 5.82. The number of aliphatic hydroxyl groups excluding tert-OH is 1. The number of hydrogen-bond donors (Lipinski definition) is 3. The quantitative estimate of drug-likeness (QED) is 0.710. The van der Waals surface area contributed by atoms with Crippen molar-refractivity contribution in [2.45, 2.75) is 26.3 Å². The second-order valence-corrected chi connectivity index (χ2v) is 4.74. The van der Waals surface area contributed by atoms with Crippen molar-refractivity contribution in [3.8, 4) is 0 Å². The number of amides is 1. The van der Waals surface area contributed by atoms with E-state index in [9.17, 15) is 9.90 Å². The van der Waals surface area contributed by atoms with E-state index in [2.05, 4.69) is 5.32 Å². The summed E-state index contributed by atoms with van der Waals surface area (Å²) in [6, 6.07) is 9.05. The zero-order chi connectivity index (χ0) is 13.6. The van der Waals surface area contributed by atoms with Gasteiger partial charge in [-0.3, -0.25) is 4.79 Å². The molecule has 0 fully saturated rings. The molecule has 0 bridgehead atoms. The van der Waals surface area contributed by atoms with Crippen LogP contribution in [0.15, 0.2) is 30.3 Å². The van der Waals surface area contributed by atoms with E-state index in [1.54, 1.807) is 0 Å². The van der Waals surface area contributed by atoms with Crippen LogP contribution in [0.3, 0.4) is 0 Å². The minimum absolute atomic E-state index is 0.115. The van der Waals surface area contributed by atoms with Crippen molar-refractivity contribution < 1.29 is 9.90 Å². The zero-order valence-corrected chi connectivity index (χ0v) is 11.0. The van der Waals surface area contributed by atoms with E-state index in [-0.39, 0.29) is 18.6 Å². The maximum absolute atomic E-state index is 12.2. The molecule has 0 heterocycles. The van der Waals surface area contributed by atoms with Gasteiger partial charge >= 0.3 is 0 Å². The molecule has 1 rings (SSSR count). The summed E-state index contributed by atoms with van der Waals surface area (Å²) in [7, 11) is 0. The minimum atomic E-state index is -0.581. The maximum atomic E-state index is 12.2. The molecule has 100 valence electrons. The van der Waals surface area contributed by atoms with Crippen LogP contribution in [0.2, 0.25) is 0 Å². The van der Waals surface area contributed by atoms with Gasteiger partial charge in [0.25, 0.3) is 0 Å². The fraction of sp³-hybridized carbons (Fsp3) is 0.500. The Bertz CT molecular complexity index is 375. The van der Waals surface area contributed by atoms with Gasteiger partial charge in [0.05, 0.1) is 18.1 Å². The number of carbonyl (C=O) groups is 1. The second-order valence-electron chi connectivity index (χ2n) is 4.74. The van der Waals surface area contributed by atoms with Crippen LogP contribution in [0.4, 0.5) is 0 Å². The predicted octanol–water partition coefficient (Wildman–Crippen LogP) is 1.21. The van der Waals surface area contributed by atoms with Gasteiger partial charge in [-0.15, -0.1) is 0 Å². The standard InChI is InChI=1S/C14H22N2O2/c1-3-14(2,10-15)13(18)16-12(9-17)11-7-5-4-6-8-11/h4-8,12,17H,3,9-10,15H2,1-2H3,(H,16,18)/t12-,14?/m0/s1. The molecule has 0 radical (unpaired) electrons. The first-order valence-electron chi connectivity index (χ1n) is 6.24. The van der Waals surface area contributed by atoms with Crippen molar-refractivity contribution in [2.24, 2.45) is 11.1 Å². The fourth-order valence-electron chi connectivity index (χ4n) is 1.65. The molecule has 0 aliphatic rings. The summed E-state index contributed by atoms with van der Waals surface area (Å²) in [4.78, 5) is 12.2. The Morgan fingerprint density at radius 3 is 2.50 bits per heavy atom. The molecule has 4 nitrogen and oxygen atoms in total. The first-order chi connectivity index (χ1) is 8.57. The minimum Gasteiger partial charge on any atom is -0.394 e. The Hall–Kier alpha value is -1.39. The molecule has 0 spiro atoms. The average Bonchev–Trinajstić information content (AvgIpc) is 2.44. The van der Waals surface area contributed by atoms with Crippen molar-refractivity contribution >= 4 is 5.91 Å². The molecule has 2 atom stereocenters. The summed E-state index contributed by atoms with van der Waals surface area (Å²) in [5.41, 5.74) is 5.96. The van der Waals surface area contributed by atoms with Gasteiger partial charge in [0.1, 0.15) is 0 Å². The number of benzene rings is 1. The molecular formula is C14H22N2O2. The van der Waals surface area contributed by atoms with E-state index < -0.39 is 5.41 Å². The van der Waals surface area contributed by atoms with E-state index in [1.807, 2.05) is 44.2 Å². The number of aliphatic hydroxyl groups is 1. The summed E-state index contributed by atoms with van der Waals surface area (Å²) in [5, 5.41) is 12.2. The van der Waals surface area contributed by atoms with E-state index >= 15 is 0 Å². The van der Waals surface area contributed by atoms with Crippen LogP contribution in [0.25, 0.3) is 0 Å². The number of rotatable bonds is 6. The van der Waals surface area contributed by atoms with Crippen LogP contribution in [0, 0.1) is 5.41 Å². The third-order valence-corrected chi connectivity index (χ3v) is 3.47. The smallest absolute Gasteiger partial charge is 0.227 e. The zero-order valence-electron chi connectivity index (χ0n) is 11.0. The Kier molecular flexibility index (Phi) is 5.31. The molecule has 4 N–H and O–H groups in total. The van der Waals surface area contributed by atoms with E-state index in [0.717, 1.165) is 5.56 Å². The lowest BCUT2D eigenvalue weighted by Crippen LogP contribution is -2.45. The number of nitrogens with one attached hydrogen (secondary N) is 1. The maximum Gasteiger partial charge on any atom is 0.227 e. The lowest BCUT2D eigenvalue weighted by atomic mass is 9.86.